The fourth-order valence-electron chi connectivity index (χ4n) is 3.06. The zero-order valence-electron chi connectivity index (χ0n) is 13.2. The van der Waals surface area contributed by atoms with Crippen LogP contribution in [-0.4, -0.2) is 18.5 Å². The molecule has 0 spiro atoms. The summed E-state index contributed by atoms with van der Waals surface area (Å²) in [5.74, 6) is 1.44. The van der Waals surface area contributed by atoms with Crippen LogP contribution in [0.1, 0.15) is 41.1 Å². The van der Waals surface area contributed by atoms with Crippen molar-refractivity contribution in [2.75, 3.05) is 11.9 Å². The molecule has 2 aromatic rings. The molecule has 0 heterocycles. The topological polar surface area (TPSA) is 41.1 Å². The highest BCUT2D eigenvalue weighted by molar-refractivity contribution is 6.04. The van der Waals surface area contributed by atoms with Gasteiger partial charge in [0.2, 0.25) is 0 Å². The fraction of sp³-hybridized carbons (Fsp3) is 0.350. The van der Waals surface area contributed by atoms with Gasteiger partial charge in [0.25, 0.3) is 5.91 Å². The van der Waals surface area contributed by atoms with Crippen molar-refractivity contribution in [2.45, 2.75) is 31.2 Å². The number of para-hydroxylation sites is 1. The molecule has 0 unspecified atom stereocenters. The highest BCUT2D eigenvalue weighted by Crippen LogP contribution is 2.41. The smallest absolute Gasteiger partial charge is 0.255 e. The molecule has 23 heavy (non-hydrogen) atoms. The quantitative estimate of drug-likeness (QED) is 0.852. The molecule has 2 aliphatic carbocycles. The van der Waals surface area contributed by atoms with Crippen LogP contribution < -0.4 is 10.6 Å². The first-order valence-corrected chi connectivity index (χ1v) is 8.49. The van der Waals surface area contributed by atoms with E-state index in [1.807, 2.05) is 48.5 Å². The van der Waals surface area contributed by atoms with Gasteiger partial charge in [0.05, 0.1) is 0 Å². The van der Waals surface area contributed by atoms with Gasteiger partial charge in [0.15, 0.2) is 0 Å². The molecule has 2 aromatic carbocycles. The second kappa shape index (κ2) is 6.17. The highest BCUT2D eigenvalue weighted by Gasteiger charge is 2.39. The fourth-order valence-corrected chi connectivity index (χ4v) is 3.06. The Hall–Kier alpha value is -2.13. The monoisotopic (exact) mass is 306 g/mol. The lowest BCUT2D eigenvalue weighted by Gasteiger charge is -2.07. The maximum Gasteiger partial charge on any atom is 0.255 e. The molecular formula is C20H22N2O. The number of anilines is 1. The van der Waals surface area contributed by atoms with Crippen LogP contribution in [0.2, 0.25) is 0 Å². The molecule has 2 atom stereocenters. The SMILES string of the molecule is O=C(Nc1ccccc1)c1cccc([C@@H]2C[C@H]2NCC2CC2)c1. The van der Waals surface area contributed by atoms with Gasteiger partial charge in [-0.05, 0) is 61.6 Å². The summed E-state index contributed by atoms with van der Waals surface area (Å²) < 4.78 is 0. The third kappa shape index (κ3) is 3.62. The third-order valence-electron chi connectivity index (χ3n) is 4.76. The predicted octanol–water partition coefficient (Wildman–Crippen LogP) is 3.79. The first kappa shape index (κ1) is 14.5. The lowest BCUT2D eigenvalue weighted by Crippen LogP contribution is -2.20. The van der Waals surface area contributed by atoms with E-state index in [4.69, 9.17) is 0 Å². The van der Waals surface area contributed by atoms with Crippen LogP contribution >= 0.6 is 0 Å². The highest BCUT2D eigenvalue weighted by atomic mass is 16.1. The Morgan fingerprint density at radius 2 is 1.87 bits per heavy atom. The summed E-state index contributed by atoms with van der Waals surface area (Å²) in [6.07, 6.45) is 3.97. The van der Waals surface area contributed by atoms with Crippen molar-refractivity contribution in [1.82, 2.24) is 5.32 Å². The molecule has 3 heteroatoms. The Balaban J connectivity index is 1.39. The van der Waals surface area contributed by atoms with E-state index in [1.54, 1.807) is 0 Å². The lowest BCUT2D eigenvalue weighted by molar-refractivity contribution is 0.102. The van der Waals surface area contributed by atoms with Crippen LogP contribution in [0.25, 0.3) is 0 Å². The average Bonchev–Trinajstić information content (AvgIpc) is 3.48. The van der Waals surface area contributed by atoms with Crippen LogP contribution in [-0.2, 0) is 0 Å². The minimum absolute atomic E-state index is 0.0406. The summed E-state index contributed by atoms with van der Waals surface area (Å²) in [7, 11) is 0. The zero-order valence-corrected chi connectivity index (χ0v) is 13.2. The molecule has 0 aliphatic heterocycles. The van der Waals surface area contributed by atoms with Gasteiger partial charge in [-0.2, -0.15) is 0 Å². The molecule has 0 bridgehead atoms. The van der Waals surface area contributed by atoms with Gasteiger partial charge in [0.1, 0.15) is 0 Å². The molecule has 4 rings (SSSR count). The molecule has 0 saturated heterocycles. The number of nitrogens with one attached hydrogen (secondary N) is 2. The van der Waals surface area contributed by atoms with Crippen LogP contribution in [0.5, 0.6) is 0 Å². The van der Waals surface area contributed by atoms with Crippen molar-refractivity contribution in [1.29, 1.82) is 0 Å². The maximum absolute atomic E-state index is 12.4. The molecular weight excluding hydrogens is 284 g/mol. The van der Waals surface area contributed by atoms with Crippen molar-refractivity contribution >= 4 is 11.6 Å². The molecule has 118 valence electrons. The van der Waals surface area contributed by atoms with Crippen molar-refractivity contribution in [3.05, 3.63) is 65.7 Å². The summed E-state index contributed by atoms with van der Waals surface area (Å²) in [6.45, 7) is 1.16. The number of amides is 1. The Kier molecular flexibility index (Phi) is 3.88. The molecule has 0 radical (unpaired) electrons. The molecule has 2 N–H and O–H groups in total. The first-order chi connectivity index (χ1) is 11.3. The van der Waals surface area contributed by atoms with E-state index >= 15 is 0 Å². The summed E-state index contributed by atoms with van der Waals surface area (Å²) in [6, 6.07) is 18.3. The van der Waals surface area contributed by atoms with Gasteiger partial charge in [-0.3, -0.25) is 4.79 Å². The zero-order chi connectivity index (χ0) is 15.6. The van der Waals surface area contributed by atoms with E-state index in [0.29, 0.717) is 12.0 Å². The Bertz CT molecular complexity index is 694. The van der Waals surface area contributed by atoms with Crippen molar-refractivity contribution in [2.24, 2.45) is 5.92 Å². The van der Waals surface area contributed by atoms with Gasteiger partial charge in [-0.1, -0.05) is 30.3 Å². The van der Waals surface area contributed by atoms with E-state index in [0.717, 1.165) is 23.7 Å². The molecule has 2 saturated carbocycles. The molecule has 3 nitrogen and oxygen atoms in total. The van der Waals surface area contributed by atoms with Crippen molar-refractivity contribution < 1.29 is 4.79 Å². The summed E-state index contributed by atoms with van der Waals surface area (Å²) >= 11 is 0. The largest absolute Gasteiger partial charge is 0.322 e. The van der Waals surface area contributed by atoms with E-state index in [9.17, 15) is 4.79 Å². The van der Waals surface area contributed by atoms with Crippen LogP contribution in [0.3, 0.4) is 0 Å². The Morgan fingerprint density at radius 3 is 2.65 bits per heavy atom. The number of carbonyl (C=O) groups is 1. The molecule has 1 amide bonds. The van der Waals surface area contributed by atoms with Crippen LogP contribution in [0.4, 0.5) is 5.69 Å². The van der Waals surface area contributed by atoms with E-state index in [2.05, 4.69) is 16.7 Å². The Morgan fingerprint density at radius 1 is 1.04 bits per heavy atom. The summed E-state index contributed by atoms with van der Waals surface area (Å²) in [4.78, 5) is 12.4. The normalized spacial score (nSPS) is 22.6. The van der Waals surface area contributed by atoms with Crippen molar-refractivity contribution in [3.8, 4) is 0 Å². The van der Waals surface area contributed by atoms with Gasteiger partial charge < -0.3 is 10.6 Å². The molecule has 2 fully saturated rings. The van der Waals surface area contributed by atoms with Crippen molar-refractivity contribution in [3.63, 3.8) is 0 Å². The number of carbonyl (C=O) groups excluding carboxylic acids is 1. The second-order valence-corrected chi connectivity index (χ2v) is 6.75. The van der Waals surface area contributed by atoms with Gasteiger partial charge in [-0.25, -0.2) is 0 Å². The van der Waals surface area contributed by atoms with E-state index in [-0.39, 0.29) is 5.91 Å². The first-order valence-electron chi connectivity index (χ1n) is 8.49. The van der Waals surface area contributed by atoms with Crippen LogP contribution in [0.15, 0.2) is 54.6 Å². The predicted molar refractivity (Wildman–Crippen MR) is 92.7 cm³/mol. The number of rotatable bonds is 6. The minimum atomic E-state index is -0.0406. The van der Waals surface area contributed by atoms with Crippen LogP contribution in [0, 0.1) is 5.92 Å². The van der Waals surface area contributed by atoms with E-state index in [1.165, 1.54) is 24.8 Å². The molecule has 0 aromatic heterocycles. The van der Waals surface area contributed by atoms with Gasteiger partial charge in [-0.15, -0.1) is 0 Å². The second-order valence-electron chi connectivity index (χ2n) is 6.75. The minimum Gasteiger partial charge on any atom is -0.322 e. The standard InChI is InChI=1S/C20H22N2O/c23-20(22-17-7-2-1-3-8-17)16-6-4-5-15(11-16)18-12-19(18)21-13-14-9-10-14/h1-8,11,14,18-19,21H,9-10,12-13H2,(H,22,23)/t18-,19+/m0/s1. The lowest BCUT2D eigenvalue weighted by atomic mass is 10.1. The number of hydrogen-bond donors (Lipinski definition) is 2. The summed E-state index contributed by atoms with van der Waals surface area (Å²) in [5.41, 5.74) is 2.84. The number of hydrogen-bond acceptors (Lipinski definition) is 2. The summed E-state index contributed by atoms with van der Waals surface area (Å²) in [5, 5.41) is 6.60. The van der Waals surface area contributed by atoms with E-state index < -0.39 is 0 Å². The average molecular weight is 306 g/mol. The number of benzene rings is 2. The van der Waals surface area contributed by atoms with Gasteiger partial charge >= 0.3 is 0 Å². The maximum atomic E-state index is 12.4. The third-order valence-corrected chi connectivity index (χ3v) is 4.76. The Labute approximate surface area is 137 Å². The van der Waals surface area contributed by atoms with Gasteiger partial charge in [0, 0.05) is 23.2 Å². The molecule has 2 aliphatic rings.